The van der Waals surface area contributed by atoms with E-state index in [-0.39, 0.29) is 17.2 Å². The molecule has 35 heavy (non-hydrogen) atoms. The molecule has 0 unspecified atom stereocenters. The minimum absolute atomic E-state index is 0.165. The number of nitrogens with zero attached hydrogens (tertiary/aromatic N) is 6. The van der Waals surface area contributed by atoms with E-state index in [4.69, 9.17) is 0 Å². The molecule has 0 aliphatic heterocycles. The zero-order chi connectivity index (χ0) is 24.7. The third kappa shape index (κ3) is 4.21. The monoisotopic (exact) mass is 481 g/mol. The lowest BCUT2D eigenvalue weighted by Gasteiger charge is -2.11. The van der Waals surface area contributed by atoms with Gasteiger partial charge in [0, 0.05) is 11.6 Å². The molecule has 0 aliphatic carbocycles. The summed E-state index contributed by atoms with van der Waals surface area (Å²) in [5.41, 5.74) is 0.412. The van der Waals surface area contributed by atoms with E-state index in [0.29, 0.717) is 22.4 Å². The van der Waals surface area contributed by atoms with Gasteiger partial charge < -0.3 is 5.32 Å². The molecule has 0 aliphatic rings. The van der Waals surface area contributed by atoms with Crippen molar-refractivity contribution in [3.8, 4) is 11.5 Å². The van der Waals surface area contributed by atoms with Crippen LogP contribution in [0.15, 0.2) is 67.1 Å². The number of fused-ring (bicyclic) bond motifs is 1. The normalized spacial score (nSPS) is 11.7. The van der Waals surface area contributed by atoms with Gasteiger partial charge in [-0.1, -0.05) is 6.07 Å². The molecule has 0 fully saturated rings. The van der Waals surface area contributed by atoms with E-state index in [9.17, 15) is 22.4 Å². The third-order valence-corrected chi connectivity index (χ3v) is 5.14. The van der Waals surface area contributed by atoms with Crippen LogP contribution >= 0.6 is 0 Å². The fourth-order valence-electron chi connectivity index (χ4n) is 3.55. The van der Waals surface area contributed by atoms with Crippen LogP contribution in [0.1, 0.15) is 21.6 Å². The number of nitrogens with one attached hydrogen (secondary N) is 1. The lowest BCUT2D eigenvalue weighted by molar-refractivity contribution is -0.137. The second kappa shape index (κ2) is 8.31. The molecule has 2 aromatic carbocycles. The number of anilines is 1. The third-order valence-electron chi connectivity index (χ3n) is 5.14. The van der Waals surface area contributed by atoms with Crippen molar-refractivity contribution < 1.29 is 22.4 Å². The SMILES string of the molecule is Cc1cc(NC(=O)c2cccc(C(F)(F)F)c2)n(-c2ncnc3c2cnn3-c2ccc(F)cc2)n1. The molecule has 176 valence electrons. The Balaban J connectivity index is 1.53. The summed E-state index contributed by atoms with van der Waals surface area (Å²) in [7, 11) is 0. The summed E-state index contributed by atoms with van der Waals surface area (Å²) in [4.78, 5) is 21.3. The molecule has 0 atom stereocenters. The molecular formula is C23H15F4N7O. The quantitative estimate of drug-likeness (QED) is 0.375. The fraction of sp³-hybridized carbons (Fsp3) is 0.0870. The predicted molar refractivity (Wildman–Crippen MR) is 118 cm³/mol. The topological polar surface area (TPSA) is 90.5 Å². The molecule has 3 aromatic heterocycles. The maximum absolute atomic E-state index is 13.3. The van der Waals surface area contributed by atoms with Crippen LogP contribution in [0.2, 0.25) is 0 Å². The Hall–Kier alpha value is -4.61. The van der Waals surface area contributed by atoms with Crippen molar-refractivity contribution >= 4 is 22.8 Å². The van der Waals surface area contributed by atoms with Crippen molar-refractivity contribution in [3.63, 3.8) is 0 Å². The number of hydrogen-bond acceptors (Lipinski definition) is 5. The van der Waals surface area contributed by atoms with E-state index < -0.39 is 23.5 Å². The van der Waals surface area contributed by atoms with E-state index in [1.807, 2.05) is 0 Å². The molecule has 0 spiro atoms. The first kappa shape index (κ1) is 22.2. The summed E-state index contributed by atoms with van der Waals surface area (Å²) in [5, 5.41) is 11.8. The van der Waals surface area contributed by atoms with Gasteiger partial charge in [-0.3, -0.25) is 4.79 Å². The van der Waals surface area contributed by atoms with Crippen LogP contribution in [-0.2, 0) is 6.18 Å². The molecule has 3 heterocycles. The summed E-state index contributed by atoms with van der Waals surface area (Å²) in [6, 6.07) is 11.4. The number of amides is 1. The average molecular weight is 481 g/mol. The highest BCUT2D eigenvalue weighted by atomic mass is 19.4. The van der Waals surface area contributed by atoms with Crippen LogP contribution in [0, 0.1) is 12.7 Å². The zero-order valence-electron chi connectivity index (χ0n) is 18.0. The lowest BCUT2D eigenvalue weighted by Crippen LogP contribution is -2.17. The maximum Gasteiger partial charge on any atom is 0.416 e. The average Bonchev–Trinajstić information content (AvgIpc) is 3.42. The first-order valence-corrected chi connectivity index (χ1v) is 10.2. The van der Waals surface area contributed by atoms with E-state index in [2.05, 4.69) is 25.5 Å². The molecule has 1 amide bonds. The van der Waals surface area contributed by atoms with Crippen LogP contribution in [-0.4, -0.2) is 35.4 Å². The van der Waals surface area contributed by atoms with Gasteiger partial charge in [-0.2, -0.15) is 28.1 Å². The van der Waals surface area contributed by atoms with Gasteiger partial charge in [0.15, 0.2) is 11.5 Å². The first-order valence-electron chi connectivity index (χ1n) is 10.2. The van der Waals surface area contributed by atoms with Crippen molar-refractivity contribution in [3.05, 3.63) is 89.8 Å². The highest BCUT2D eigenvalue weighted by molar-refractivity contribution is 6.04. The second-order valence-electron chi connectivity index (χ2n) is 7.58. The zero-order valence-corrected chi connectivity index (χ0v) is 18.0. The number of aryl methyl sites for hydroxylation is 1. The van der Waals surface area contributed by atoms with E-state index in [0.717, 1.165) is 18.2 Å². The van der Waals surface area contributed by atoms with Crippen LogP contribution in [0.3, 0.4) is 0 Å². The van der Waals surface area contributed by atoms with Crippen molar-refractivity contribution in [2.75, 3.05) is 5.32 Å². The maximum atomic E-state index is 13.3. The molecule has 12 heteroatoms. The van der Waals surface area contributed by atoms with Crippen molar-refractivity contribution in [1.82, 2.24) is 29.5 Å². The number of benzene rings is 2. The van der Waals surface area contributed by atoms with Gasteiger partial charge in [0.25, 0.3) is 5.91 Å². The summed E-state index contributed by atoms with van der Waals surface area (Å²) in [5.74, 6) is -0.659. The summed E-state index contributed by atoms with van der Waals surface area (Å²) in [6.45, 7) is 1.69. The molecule has 0 bridgehead atoms. The summed E-state index contributed by atoms with van der Waals surface area (Å²) < 4.78 is 55.3. The molecule has 0 saturated heterocycles. The van der Waals surface area contributed by atoms with Gasteiger partial charge >= 0.3 is 6.18 Å². The number of alkyl halides is 3. The number of halogens is 4. The number of rotatable bonds is 4. The minimum Gasteiger partial charge on any atom is -0.306 e. The first-order chi connectivity index (χ1) is 16.7. The second-order valence-corrected chi connectivity index (χ2v) is 7.58. The Kier molecular flexibility index (Phi) is 5.27. The van der Waals surface area contributed by atoms with Gasteiger partial charge in [-0.25, -0.2) is 19.0 Å². The van der Waals surface area contributed by atoms with Gasteiger partial charge in [0.05, 0.1) is 28.5 Å². The van der Waals surface area contributed by atoms with E-state index >= 15 is 0 Å². The Morgan fingerprint density at radius 2 is 1.77 bits per heavy atom. The van der Waals surface area contributed by atoms with Crippen molar-refractivity contribution in [2.24, 2.45) is 0 Å². The van der Waals surface area contributed by atoms with E-state index in [1.54, 1.807) is 25.1 Å². The van der Waals surface area contributed by atoms with Crippen LogP contribution in [0.5, 0.6) is 0 Å². The molecule has 0 saturated carbocycles. The Bertz CT molecular complexity index is 1550. The van der Waals surface area contributed by atoms with Gasteiger partial charge in [0.2, 0.25) is 0 Å². The molecule has 1 N–H and O–H groups in total. The highest BCUT2D eigenvalue weighted by Crippen LogP contribution is 2.30. The Labute approximate surface area is 194 Å². The molecule has 8 nitrogen and oxygen atoms in total. The summed E-state index contributed by atoms with van der Waals surface area (Å²) >= 11 is 0. The summed E-state index contributed by atoms with van der Waals surface area (Å²) in [6.07, 6.45) is -1.79. The molecular weight excluding hydrogens is 466 g/mol. The van der Waals surface area contributed by atoms with Crippen molar-refractivity contribution in [1.29, 1.82) is 0 Å². The molecule has 0 radical (unpaired) electrons. The van der Waals surface area contributed by atoms with Gasteiger partial charge in [-0.15, -0.1) is 0 Å². The number of hydrogen-bond donors (Lipinski definition) is 1. The van der Waals surface area contributed by atoms with Gasteiger partial charge in [-0.05, 0) is 49.4 Å². The van der Waals surface area contributed by atoms with Crippen LogP contribution in [0.25, 0.3) is 22.5 Å². The van der Waals surface area contributed by atoms with E-state index in [1.165, 1.54) is 40.1 Å². The highest BCUT2D eigenvalue weighted by Gasteiger charge is 2.31. The van der Waals surface area contributed by atoms with Crippen LogP contribution < -0.4 is 5.32 Å². The number of aromatic nitrogens is 6. The molecule has 5 rings (SSSR count). The fourth-order valence-corrected chi connectivity index (χ4v) is 3.55. The van der Waals surface area contributed by atoms with Crippen LogP contribution in [0.4, 0.5) is 23.4 Å². The minimum atomic E-state index is -4.58. The number of carbonyl (C=O) groups is 1. The standard InChI is InChI=1S/C23H15F4N7O/c1-13-9-19(31-22(35)14-3-2-4-15(10-14)23(25,26)27)34(32-13)21-18-11-30-33(20(18)28-12-29-21)17-7-5-16(24)6-8-17/h2-12H,1H3,(H,31,35). The van der Waals surface area contributed by atoms with Crippen molar-refractivity contribution in [2.45, 2.75) is 13.1 Å². The molecule has 5 aromatic rings. The van der Waals surface area contributed by atoms with Gasteiger partial charge in [0.1, 0.15) is 18.0 Å². The predicted octanol–water partition coefficient (Wildman–Crippen LogP) is 4.72. The lowest BCUT2D eigenvalue weighted by atomic mass is 10.1. The number of carbonyl (C=O) groups excluding carboxylic acids is 1. The Morgan fingerprint density at radius 1 is 1.00 bits per heavy atom. The Morgan fingerprint density at radius 3 is 2.51 bits per heavy atom. The largest absolute Gasteiger partial charge is 0.416 e. The smallest absolute Gasteiger partial charge is 0.306 e.